The van der Waals surface area contributed by atoms with Crippen molar-refractivity contribution >= 4 is 28.2 Å². The number of nitrogens with one attached hydrogen (secondary N) is 2. The van der Waals surface area contributed by atoms with Gasteiger partial charge in [-0.15, -0.1) is 0 Å². The van der Waals surface area contributed by atoms with Gasteiger partial charge in [0.25, 0.3) is 5.56 Å². The van der Waals surface area contributed by atoms with Gasteiger partial charge >= 0.3 is 0 Å². The number of rotatable bonds is 8. The Morgan fingerprint density at radius 2 is 1.68 bits per heavy atom. The minimum absolute atomic E-state index is 0.168. The van der Waals surface area contributed by atoms with Crippen molar-refractivity contribution in [2.75, 3.05) is 27.9 Å². The van der Waals surface area contributed by atoms with Gasteiger partial charge in [0.2, 0.25) is 0 Å². The molecule has 2 aromatic carbocycles. The van der Waals surface area contributed by atoms with E-state index in [1.807, 2.05) is 48.2 Å². The molecule has 0 aliphatic heterocycles. The predicted octanol–water partition coefficient (Wildman–Crippen LogP) is 3.45. The normalized spacial score (nSPS) is 10.6. The van der Waals surface area contributed by atoms with E-state index in [-0.39, 0.29) is 5.56 Å². The quantitative estimate of drug-likeness (QED) is 0.519. The number of aromatic nitrogens is 1. The summed E-state index contributed by atoms with van der Waals surface area (Å²) in [5.41, 5.74) is 2.18. The highest BCUT2D eigenvalue weighted by molar-refractivity contribution is 7.80. The van der Waals surface area contributed by atoms with Gasteiger partial charge in [-0.1, -0.05) is 12.1 Å². The summed E-state index contributed by atoms with van der Waals surface area (Å²) < 4.78 is 16.0. The van der Waals surface area contributed by atoms with Crippen LogP contribution in [0.5, 0.6) is 17.2 Å². The molecule has 0 saturated carbocycles. The van der Waals surface area contributed by atoms with E-state index >= 15 is 0 Å². The summed E-state index contributed by atoms with van der Waals surface area (Å²) >= 11 is 5.57. The van der Waals surface area contributed by atoms with Crippen LogP contribution in [0, 0.1) is 0 Å². The van der Waals surface area contributed by atoms with Crippen molar-refractivity contribution in [2.24, 2.45) is 0 Å². The lowest BCUT2D eigenvalue weighted by molar-refractivity contribution is 0.355. The maximum absolute atomic E-state index is 12.8. The molecule has 0 saturated heterocycles. The number of aromatic amines is 1. The Morgan fingerprint density at radius 3 is 2.29 bits per heavy atom. The molecule has 164 valence electrons. The van der Waals surface area contributed by atoms with Gasteiger partial charge in [-0.2, -0.15) is 0 Å². The van der Waals surface area contributed by atoms with Crippen LogP contribution in [-0.2, 0) is 13.1 Å². The van der Waals surface area contributed by atoms with Crippen LogP contribution < -0.4 is 25.1 Å². The molecule has 0 radical (unpaired) electrons. The molecule has 0 unspecified atom stereocenters. The average molecular weight is 442 g/mol. The van der Waals surface area contributed by atoms with Crippen LogP contribution in [0.15, 0.2) is 47.3 Å². The van der Waals surface area contributed by atoms with E-state index in [1.165, 1.54) is 0 Å². The number of fused-ring (bicyclic) bond motifs is 1. The number of thiocarbonyl (C=S) groups is 1. The third-order valence-electron chi connectivity index (χ3n) is 4.93. The zero-order valence-corrected chi connectivity index (χ0v) is 19.0. The summed E-state index contributed by atoms with van der Waals surface area (Å²) in [6.07, 6.45) is 0. The molecule has 0 aliphatic rings. The maximum Gasteiger partial charge on any atom is 0.253 e. The van der Waals surface area contributed by atoms with Gasteiger partial charge in [-0.3, -0.25) is 4.79 Å². The smallest absolute Gasteiger partial charge is 0.253 e. The van der Waals surface area contributed by atoms with E-state index in [4.69, 9.17) is 26.4 Å². The van der Waals surface area contributed by atoms with Crippen molar-refractivity contribution < 1.29 is 14.2 Å². The molecule has 0 bridgehead atoms. The van der Waals surface area contributed by atoms with Crippen molar-refractivity contribution in [3.05, 3.63) is 63.9 Å². The summed E-state index contributed by atoms with van der Waals surface area (Å²) in [7, 11) is 4.79. The first kappa shape index (κ1) is 22.4. The highest BCUT2D eigenvalue weighted by Crippen LogP contribution is 2.31. The molecule has 7 nitrogen and oxygen atoms in total. The van der Waals surface area contributed by atoms with Gasteiger partial charge in [0.05, 0.1) is 33.4 Å². The van der Waals surface area contributed by atoms with Crippen LogP contribution in [0.1, 0.15) is 18.1 Å². The topological polar surface area (TPSA) is 75.8 Å². The summed E-state index contributed by atoms with van der Waals surface area (Å²) in [5, 5.41) is 4.62. The van der Waals surface area contributed by atoms with Crippen LogP contribution in [0.25, 0.3) is 10.9 Å². The fourth-order valence-corrected chi connectivity index (χ4v) is 3.59. The van der Waals surface area contributed by atoms with Crippen LogP contribution >= 0.6 is 12.2 Å². The molecule has 0 aliphatic carbocycles. The zero-order chi connectivity index (χ0) is 22.4. The molecule has 3 aromatic rings. The van der Waals surface area contributed by atoms with Crippen LogP contribution in [0.3, 0.4) is 0 Å². The van der Waals surface area contributed by atoms with E-state index in [9.17, 15) is 4.79 Å². The van der Waals surface area contributed by atoms with Gasteiger partial charge in [0.15, 0.2) is 16.6 Å². The lowest BCUT2D eigenvalue weighted by Crippen LogP contribution is -2.39. The van der Waals surface area contributed by atoms with Gasteiger partial charge < -0.3 is 29.4 Å². The standard InChI is InChI=1S/C23H27N3O4S/c1-5-24-23(31)26(13-15-6-8-18(28-2)9-7-15)14-17-10-16-11-20(29-3)21(30-4)12-19(16)25-22(17)27/h6-12H,5,13-14H2,1-4H3,(H,24,31)(H,25,27). The zero-order valence-electron chi connectivity index (χ0n) is 18.2. The number of hydrogen-bond donors (Lipinski definition) is 2. The van der Waals surface area contributed by atoms with Crippen molar-refractivity contribution in [2.45, 2.75) is 20.0 Å². The van der Waals surface area contributed by atoms with Crippen molar-refractivity contribution in [1.29, 1.82) is 0 Å². The fourth-order valence-electron chi connectivity index (χ4n) is 3.32. The molecule has 0 atom stereocenters. The molecule has 1 aromatic heterocycles. The first-order valence-corrected chi connectivity index (χ1v) is 10.3. The van der Waals surface area contributed by atoms with Crippen molar-refractivity contribution in [3.8, 4) is 17.2 Å². The van der Waals surface area contributed by atoms with E-state index in [1.54, 1.807) is 27.4 Å². The third-order valence-corrected chi connectivity index (χ3v) is 5.34. The highest BCUT2D eigenvalue weighted by atomic mass is 32.1. The Kier molecular flexibility index (Phi) is 7.36. The number of benzene rings is 2. The Bertz CT molecular complexity index is 1110. The van der Waals surface area contributed by atoms with Gasteiger partial charge in [0, 0.05) is 30.1 Å². The number of nitrogens with zero attached hydrogens (tertiary/aromatic N) is 1. The molecular weight excluding hydrogens is 414 g/mol. The Balaban J connectivity index is 1.94. The first-order chi connectivity index (χ1) is 15.0. The van der Waals surface area contributed by atoms with E-state index in [2.05, 4.69) is 10.3 Å². The van der Waals surface area contributed by atoms with Crippen molar-refractivity contribution in [1.82, 2.24) is 15.2 Å². The summed E-state index contributed by atoms with van der Waals surface area (Å²) in [6, 6.07) is 13.3. The second kappa shape index (κ2) is 10.2. The Hall–Kier alpha value is -3.26. The molecule has 31 heavy (non-hydrogen) atoms. The minimum Gasteiger partial charge on any atom is -0.497 e. The minimum atomic E-state index is -0.168. The molecule has 0 spiro atoms. The molecule has 3 rings (SSSR count). The summed E-state index contributed by atoms with van der Waals surface area (Å²) in [4.78, 5) is 17.7. The monoisotopic (exact) mass is 441 g/mol. The second-order valence-corrected chi connectivity index (χ2v) is 7.34. The van der Waals surface area contributed by atoms with Gasteiger partial charge in [0.1, 0.15) is 5.75 Å². The Labute approximate surface area is 186 Å². The number of hydrogen-bond acceptors (Lipinski definition) is 5. The number of methoxy groups -OCH3 is 3. The molecule has 0 amide bonds. The lowest BCUT2D eigenvalue weighted by Gasteiger charge is -2.26. The van der Waals surface area contributed by atoms with Crippen LogP contribution in [0.4, 0.5) is 0 Å². The average Bonchev–Trinajstić information content (AvgIpc) is 2.78. The van der Waals surface area contributed by atoms with Gasteiger partial charge in [-0.05, 0) is 49.0 Å². The van der Waals surface area contributed by atoms with Gasteiger partial charge in [-0.25, -0.2) is 0 Å². The van der Waals surface area contributed by atoms with E-state index < -0.39 is 0 Å². The molecule has 1 heterocycles. The number of pyridine rings is 1. The Morgan fingerprint density at radius 1 is 1.00 bits per heavy atom. The molecule has 0 fully saturated rings. The highest BCUT2D eigenvalue weighted by Gasteiger charge is 2.15. The first-order valence-electron chi connectivity index (χ1n) is 9.92. The third kappa shape index (κ3) is 5.27. The second-order valence-electron chi connectivity index (χ2n) is 6.96. The molecule has 2 N–H and O–H groups in total. The van der Waals surface area contributed by atoms with E-state index in [0.717, 1.165) is 16.7 Å². The lowest BCUT2D eigenvalue weighted by atomic mass is 10.1. The number of H-pyrrole nitrogens is 1. The summed E-state index contributed by atoms with van der Waals surface area (Å²) in [5.74, 6) is 1.96. The summed E-state index contributed by atoms with van der Waals surface area (Å²) in [6.45, 7) is 3.60. The number of ether oxygens (including phenoxy) is 3. The van der Waals surface area contributed by atoms with E-state index in [0.29, 0.717) is 47.3 Å². The molecular formula is C23H27N3O4S. The SMILES string of the molecule is CCNC(=S)N(Cc1ccc(OC)cc1)Cc1cc2cc(OC)c(OC)cc2[nH]c1=O. The van der Waals surface area contributed by atoms with Crippen LogP contribution in [0.2, 0.25) is 0 Å². The van der Waals surface area contributed by atoms with Crippen LogP contribution in [-0.4, -0.2) is 42.9 Å². The molecule has 8 heteroatoms. The fraction of sp³-hybridized carbons (Fsp3) is 0.304. The van der Waals surface area contributed by atoms with Crippen molar-refractivity contribution in [3.63, 3.8) is 0 Å². The predicted molar refractivity (Wildman–Crippen MR) is 126 cm³/mol. The maximum atomic E-state index is 12.8. The largest absolute Gasteiger partial charge is 0.497 e.